The van der Waals surface area contributed by atoms with E-state index in [2.05, 4.69) is 12.0 Å². The Morgan fingerprint density at radius 1 is 1.05 bits per heavy atom. The summed E-state index contributed by atoms with van der Waals surface area (Å²) in [4.78, 5) is 0. The largest absolute Gasteiger partial charge is 0.488 e. The van der Waals surface area contributed by atoms with Gasteiger partial charge in [-0.2, -0.15) is 0 Å². The average Bonchev–Trinajstić information content (AvgIpc) is 2.54. The van der Waals surface area contributed by atoms with Gasteiger partial charge in [-0.15, -0.1) is 0 Å². The number of aliphatic hydroxyl groups is 1. The maximum Gasteiger partial charge on any atom is 0.147 e. The third kappa shape index (κ3) is 4.55. The lowest BCUT2D eigenvalue weighted by molar-refractivity contribution is 0.221. The van der Waals surface area contributed by atoms with Gasteiger partial charge in [0.25, 0.3) is 0 Å². The van der Waals surface area contributed by atoms with Crippen molar-refractivity contribution < 1.29 is 14.6 Å². The highest BCUT2D eigenvalue weighted by Gasteiger charge is 2.10. The highest BCUT2D eigenvalue weighted by molar-refractivity contribution is 5.38. The van der Waals surface area contributed by atoms with Gasteiger partial charge in [0.15, 0.2) is 0 Å². The fourth-order valence-corrected chi connectivity index (χ4v) is 1.82. The summed E-state index contributed by atoms with van der Waals surface area (Å²) in [5.41, 5.74) is 1.71. The summed E-state index contributed by atoms with van der Waals surface area (Å²) in [6.07, 6.45) is 1.55. The molecule has 2 aromatic carbocycles. The Kier molecular flexibility index (Phi) is 5.69. The Balaban J connectivity index is 2.08. The summed E-state index contributed by atoms with van der Waals surface area (Å²) >= 11 is 0. The van der Waals surface area contributed by atoms with E-state index in [1.54, 1.807) is 6.07 Å². The smallest absolute Gasteiger partial charge is 0.147 e. The highest BCUT2D eigenvalue weighted by Crippen LogP contribution is 2.25. The molecular weight excluding hydrogens is 264 g/mol. The minimum Gasteiger partial charge on any atom is -0.488 e. The molecule has 0 aliphatic heterocycles. The number of rotatable bonds is 5. The molecule has 0 aliphatic carbocycles. The molecule has 0 saturated heterocycles. The molecule has 0 heterocycles. The lowest BCUT2D eigenvalue weighted by Crippen LogP contribution is -2.02. The number of benzene rings is 2. The molecule has 2 rings (SSSR count). The lowest BCUT2D eigenvalue weighted by atomic mass is 10.1. The summed E-state index contributed by atoms with van der Waals surface area (Å²) < 4.78 is 10.7. The van der Waals surface area contributed by atoms with Gasteiger partial charge in [-0.25, -0.2) is 0 Å². The molecular formula is C18H18O3. The molecule has 21 heavy (non-hydrogen) atoms. The fourth-order valence-electron chi connectivity index (χ4n) is 1.82. The van der Waals surface area contributed by atoms with Crippen LogP contribution in [0.1, 0.15) is 24.2 Å². The van der Waals surface area contributed by atoms with Crippen molar-refractivity contribution in [3.05, 3.63) is 65.7 Å². The Morgan fingerprint density at radius 2 is 1.76 bits per heavy atom. The third-order valence-electron chi connectivity index (χ3n) is 2.86. The van der Waals surface area contributed by atoms with E-state index in [0.717, 1.165) is 5.56 Å². The molecule has 2 aromatic rings. The molecule has 0 bridgehead atoms. The third-order valence-corrected chi connectivity index (χ3v) is 2.86. The molecule has 0 spiro atoms. The summed E-state index contributed by atoms with van der Waals surface area (Å²) in [6, 6.07) is 17.2. The van der Waals surface area contributed by atoms with Gasteiger partial charge in [-0.1, -0.05) is 48.5 Å². The average molecular weight is 282 g/mol. The van der Waals surface area contributed by atoms with Crippen LogP contribution in [0.2, 0.25) is 0 Å². The first kappa shape index (κ1) is 15.0. The van der Waals surface area contributed by atoms with E-state index in [1.165, 1.54) is 0 Å². The van der Waals surface area contributed by atoms with E-state index in [-0.39, 0.29) is 0 Å². The second-order valence-corrected chi connectivity index (χ2v) is 4.39. The number of aliphatic hydroxyl groups excluding tert-OH is 1. The van der Waals surface area contributed by atoms with Crippen molar-refractivity contribution in [3.63, 3.8) is 0 Å². The van der Waals surface area contributed by atoms with Gasteiger partial charge in [-0.05, 0) is 24.5 Å². The zero-order chi connectivity index (χ0) is 14.9. The monoisotopic (exact) mass is 282 g/mol. The minimum absolute atomic E-state index is 0.448. The summed E-state index contributed by atoms with van der Waals surface area (Å²) in [7, 11) is 0. The van der Waals surface area contributed by atoms with Crippen molar-refractivity contribution in [2.24, 2.45) is 0 Å². The van der Waals surface area contributed by atoms with Crippen molar-refractivity contribution in [1.82, 2.24) is 0 Å². The number of hydrogen-bond donors (Lipinski definition) is 1. The standard InChI is InChI=1S/C18H18O3/c1-2-20-13-12-17(19)16-10-6-7-11-18(16)21-14-15-8-4-3-5-9-15/h3-11,17,19H,2,14H2,1H3. The highest BCUT2D eigenvalue weighted by atomic mass is 16.5. The lowest BCUT2D eigenvalue weighted by Gasteiger charge is -2.12. The first-order valence-corrected chi connectivity index (χ1v) is 6.87. The zero-order valence-electron chi connectivity index (χ0n) is 12.0. The van der Waals surface area contributed by atoms with E-state index in [4.69, 9.17) is 9.47 Å². The number of ether oxygens (including phenoxy) is 2. The SMILES string of the molecule is CCOC#CC(O)c1ccccc1OCc1ccccc1. The molecule has 3 heteroatoms. The fraction of sp³-hybridized carbons (Fsp3) is 0.222. The normalized spacial score (nSPS) is 11.1. The topological polar surface area (TPSA) is 38.7 Å². The second-order valence-electron chi connectivity index (χ2n) is 4.39. The number of hydrogen-bond acceptors (Lipinski definition) is 3. The summed E-state index contributed by atoms with van der Waals surface area (Å²) in [5, 5.41) is 10.1. The van der Waals surface area contributed by atoms with Crippen LogP contribution in [-0.2, 0) is 11.3 Å². The van der Waals surface area contributed by atoms with E-state index in [1.807, 2.05) is 55.5 Å². The van der Waals surface area contributed by atoms with Gasteiger partial charge in [0.1, 0.15) is 24.6 Å². The van der Waals surface area contributed by atoms with E-state index < -0.39 is 6.10 Å². The van der Waals surface area contributed by atoms with Gasteiger partial charge >= 0.3 is 0 Å². The molecule has 3 nitrogen and oxygen atoms in total. The predicted molar refractivity (Wildman–Crippen MR) is 81.6 cm³/mol. The molecule has 0 aliphatic rings. The predicted octanol–water partition coefficient (Wildman–Crippen LogP) is 3.30. The quantitative estimate of drug-likeness (QED) is 0.855. The van der Waals surface area contributed by atoms with Crippen LogP contribution in [0.15, 0.2) is 54.6 Å². The van der Waals surface area contributed by atoms with Gasteiger partial charge < -0.3 is 14.6 Å². The van der Waals surface area contributed by atoms with Gasteiger partial charge in [0, 0.05) is 5.56 Å². The molecule has 0 saturated carbocycles. The Bertz CT molecular complexity index is 611. The summed E-state index contributed by atoms with van der Waals surface area (Å²) in [6.45, 7) is 2.79. The van der Waals surface area contributed by atoms with E-state index in [0.29, 0.717) is 24.5 Å². The van der Waals surface area contributed by atoms with Gasteiger partial charge in [0.2, 0.25) is 0 Å². The second kappa shape index (κ2) is 7.98. The van der Waals surface area contributed by atoms with Crippen LogP contribution in [0.3, 0.4) is 0 Å². The molecule has 1 atom stereocenters. The molecule has 0 amide bonds. The van der Waals surface area contributed by atoms with E-state index >= 15 is 0 Å². The van der Waals surface area contributed by atoms with Crippen LogP contribution >= 0.6 is 0 Å². The van der Waals surface area contributed by atoms with Crippen LogP contribution < -0.4 is 4.74 Å². The number of para-hydroxylation sites is 1. The van der Waals surface area contributed by atoms with Crippen LogP contribution in [0, 0.1) is 12.0 Å². The van der Waals surface area contributed by atoms with Gasteiger partial charge in [0.05, 0.1) is 6.61 Å². The van der Waals surface area contributed by atoms with Crippen LogP contribution in [-0.4, -0.2) is 11.7 Å². The van der Waals surface area contributed by atoms with Crippen molar-refractivity contribution in [2.45, 2.75) is 19.6 Å². The first-order valence-electron chi connectivity index (χ1n) is 6.87. The molecule has 108 valence electrons. The molecule has 1 N–H and O–H groups in total. The van der Waals surface area contributed by atoms with Crippen molar-refractivity contribution in [1.29, 1.82) is 0 Å². The first-order chi connectivity index (χ1) is 10.3. The Morgan fingerprint density at radius 3 is 2.52 bits per heavy atom. The van der Waals surface area contributed by atoms with Crippen LogP contribution in [0.25, 0.3) is 0 Å². The minimum atomic E-state index is -0.927. The molecule has 1 unspecified atom stereocenters. The van der Waals surface area contributed by atoms with Gasteiger partial charge in [-0.3, -0.25) is 0 Å². The molecule has 0 aromatic heterocycles. The van der Waals surface area contributed by atoms with Crippen LogP contribution in [0.5, 0.6) is 5.75 Å². The van der Waals surface area contributed by atoms with Crippen molar-refractivity contribution in [3.8, 4) is 17.8 Å². The van der Waals surface area contributed by atoms with E-state index in [9.17, 15) is 5.11 Å². The zero-order valence-corrected chi connectivity index (χ0v) is 12.0. The maximum atomic E-state index is 10.1. The Labute approximate surface area is 125 Å². The molecule has 0 fully saturated rings. The Hall–Kier alpha value is -2.44. The van der Waals surface area contributed by atoms with Crippen LogP contribution in [0.4, 0.5) is 0 Å². The molecule has 0 radical (unpaired) electrons. The summed E-state index contributed by atoms with van der Waals surface area (Å²) in [5.74, 6) is 3.27. The van der Waals surface area contributed by atoms with Crippen molar-refractivity contribution in [2.75, 3.05) is 6.61 Å². The van der Waals surface area contributed by atoms with Crippen molar-refractivity contribution >= 4 is 0 Å². The maximum absolute atomic E-state index is 10.1.